The van der Waals surface area contributed by atoms with E-state index in [1.807, 2.05) is 62.8 Å². The lowest BCUT2D eigenvalue weighted by Gasteiger charge is -2.10. The maximum Gasteiger partial charge on any atom is 0.163 e. The summed E-state index contributed by atoms with van der Waals surface area (Å²) in [7, 11) is 0. The van der Waals surface area contributed by atoms with Gasteiger partial charge in [0.15, 0.2) is 17.5 Å². The molecule has 3 N–H and O–H groups in total. The quantitative estimate of drug-likeness (QED) is 0.368. The predicted octanol–water partition coefficient (Wildman–Crippen LogP) is 3.41. The lowest BCUT2D eigenvalue weighted by Crippen LogP contribution is -2.29. The highest BCUT2D eigenvalue weighted by atomic mass is 15.4. The van der Waals surface area contributed by atoms with E-state index in [0.717, 1.165) is 51.8 Å². The van der Waals surface area contributed by atoms with Crippen molar-refractivity contribution in [1.82, 2.24) is 45.9 Å². The SMILES string of the molecule is C=C(NCc1ccc(-n2cc(C)cn2)nc1)c1ccc(-c2nc(C)cc(N=C3CC(C)NN3)n2)cn1. The summed E-state index contributed by atoms with van der Waals surface area (Å²) in [6, 6.07) is 10.0. The first-order valence-electron chi connectivity index (χ1n) is 11.7. The third-order valence-corrected chi connectivity index (χ3v) is 5.64. The summed E-state index contributed by atoms with van der Waals surface area (Å²) in [5.41, 5.74) is 11.5. The summed E-state index contributed by atoms with van der Waals surface area (Å²) in [4.78, 5) is 22.9. The third kappa shape index (κ3) is 5.44. The van der Waals surface area contributed by atoms with Crippen molar-refractivity contribution in [2.75, 3.05) is 0 Å². The molecule has 1 aliphatic rings. The Morgan fingerprint density at radius 1 is 1.14 bits per heavy atom. The smallest absolute Gasteiger partial charge is 0.163 e. The van der Waals surface area contributed by atoms with E-state index in [1.165, 1.54) is 0 Å². The largest absolute Gasteiger partial charge is 0.380 e. The number of hydrogen-bond acceptors (Lipinski definition) is 8. The number of hydrazine groups is 1. The van der Waals surface area contributed by atoms with Crippen LogP contribution in [0.4, 0.5) is 5.82 Å². The molecule has 0 spiro atoms. The Balaban J connectivity index is 1.23. The van der Waals surface area contributed by atoms with E-state index < -0.39 is 0 Å². The Hall–Kier alpha value is -4.44. The molecule has 0 saturated carbocycles. The van der Waals surface area contributed by atoms with Gasteiger partial charge in [0.05, 0.1) is 17.6 Å². The average Bonchev–Trinajstić information content (AvgIpc) is 3.50. The number of aryl methyl sites for hydroxylation is 2. The molecular formula is C26H28N10. The molecular weight excluding hydrogens is 452 g/mol. The molecule has 36 heavy (non-hydrogen) atoms. The van der Waals surface area contributed by atoms with Gasteiger partial charge in [-0.05, 0) is 50.1 Å². The highest BCUT2D eigenvalue weighted by Gasteiger charge is 2.15. The van der Waals surface area contributed by atoms with Gasteiger partial charge in [-0.2, -0.15) is 5.10 Å². The molecule has 0 amide bonds. The van der Waals surface area contributed by atoms with Gasteiger partial charge in [0.2, 0.25) is 0 Å². The second kappa shape index (κ2) is 10.0. The molecule has 1 aliphatic heterocycles. The van der Waals surface area contributed by atoms with Crippen LogP contribution in [-0.2, 0) is 6.54 Å². The van der Waals surface area contributed by atoms with E-state index in [-0.39, 0.29) is 0 Å². The van der Waals surface area contributed by atoms with Crippen LogP contribution >= 0.6 is 0 Å². The molecule has 4 aromatic rings. The van der Waals surface area contributed by atoms with Crippen LogP contribution in [0.1, 0.15) is 35.9 Å². The summed E-state index contributed by atoms with van der Waals surface area (Å²) in [6.07, 6.45) is 8.17. The van der Waals surface area contributed by atoms with Gasteiger partial charge in [-0.25, -0.2) is 30.1 Å². The fraction of sp³-hybridized carbons (Fsp3) is 0.231. The predicted molar refractivity (Wildman–Crippen MR) is 139 cm³/mol. The summed E-state index contributed by atoms with van der Waals surface area (Å²) >= 11 is 0. The molecule has 5 rings (SSSR count). The molecule has 1 fully saturated rings. The summed E-state index contributed by atoms with van der Waals surface area (Å²) in [5, 5.41) is 7.61. The van der Waals surface area contributed by atoms with E-state index in [1.54, 1.807) is 10.9 Å². The molecule has 1 atom stereocenters. The van der Waals surface area contributed by atoms with Crippen LogP contribution in [-0.4, -0.2) is 41.6 Å². The minimum atomic E-state index is 0.339. The second-order valence-corrected chi connectivity index (χ2v) is 8.88. The van der Waals surface area contributed by atoms with Gasteiger partial charge in [0.1, 0.15) is 5.84 Å². The first-order valence-corrected chi connectivity index (χ1v) is 11.7. The molecule has 0 bridgehead atoms. The van der Waals surface area contributed by atoms with Crippen LogP contribution in [0.5, 0.6) is 0 Å². The average molecular weight is 481 g/mol. The molecule has 10 nitrogen and oxygen atoms in total. The monoisotopic (exact) mass is 480 g/mol. The van der Waals surface area contributed by atoms with Gasteiger partial charge in [0.25, 0.3) is 0 Å². The minimum Gasteiger partial charge on any atom is -0.380 e. The molecule has 0 aliphatic carbocycles. The number of nitrogens with one attached hydrogen (secondary N) is 3. The van der Waals surface area contributed by atoms with Gasteiger partial charge in [0, 0.05) is 54.9 Å². The van der Waals surface area contributed by atoms with Gasteiger partial charge in [-0.3, -0.25) is 4.98 Å². The van der Waals surface area contributed by atoms with Crippen LogP contribution in [0.2, 0.25) is 0 Å². The lowest BCUT2D eigenvalue weighted by molar-refractivity contribution is 0.602. The van der Waals surface area contributed by atoms with Gasteiger partial charge < -0.3 is 10.7 Å². The summed E-state index contributed by atoms with van der Waals surface area (Å²) in [5.74, 6) is 2.85. The highest BCUT2D eigenvalue weighted by Crippen LogP contribution is 2.21. The first kappa shape index (κ1) is 23.3. The van der Waals surface area contributed by atoms with Crippen molar-refractivity contribution in [2.45, 2.75) is 39.8 Å². The molecule has 1 saturated heterocycles. The zero-order valence-electron chi connectivity index (χ0n) is 20.5. The van der Waals surface area contributed by atoms with E-state index in [4.69, 9.17) is 0 Å². The number of nitrogens with zero attached hydrogens (tertiary/aromatic N) is 7. The maximum absolute atomic E-state index is 4.62. The lowest BCUT2D eigenvalue weighted by atomic mass is 10.2. The van der Waals surface area contributed by atoms with Crippen molar-refractivity contribution in [3.8, 4) is 17.2 Å². The molecule has 10 heteroatoms. The van der Waals surface area contributed by atoms with E-state index in [2.05, 4.69) is 59.7 Å². The van der Waals surface area contributed by atoms with Crippen molar-refractivity contribution in [1.29, 1.82) is 0 Å². The number of aliphatic imine (C=N–C) groups is 1. The number of amidine groups is 1. The van der Waals surface area contributed by atoms with Crippen LogP contribution in [0.15, 0.2) is 66.7 Å². The van der Waals surface area contributed by atoms with Crippen molar-refractivity contribution < 1.29 is 0 Å². The van der Waals surface area contributed by atoms with Crippen LogP contribution < -0.4 is 16.2 Å². The molecule has 0 aromatic carbocycles. The summed E-state index contributed by atoms with van der Waals surface area (Å²) in [6.45, 7) is 10.7. The van der Waals surface area contributed by atoms with Gasteiger partial charge in [-0.15, -0.1) is 0 Å². The molecule has 4 aromatic heterocycles. The molecule has 1 unspecified atom stereocenters. The first-order chi connectivity index (χ1) is 17.4. The van der Waals surface area contributed by atoms with E-state index in [9.17, 15) is 0 Å². The molecule has 182 valence electrons. The number of hydrogen-bond donors (Lipinski definition) is 3. The number of aromatic nitrogens is 6. The fourth-order valence-corrected chi connectivity index (χ4v) is 3.75. The standard InChI is InChI=1S/C26H28N10/c1-16-11-30-36(15-16)25-8-5-20(13-29-25)12-27-19(4)22-7-6-21(14-28-22)26-31-17(2)9-23(33-26)32-24-10-18(3)34-35-24/h5-9,11,13-15,18,27,34H,4,10,12H2,1-3H3,(H,31,32,33,35). The van der Waals surface area contributed by atoms with E-state index in [0.29, 0.717) is 24.2 Å². The molecule has 0 radical (unpaired) electrons. The second-order valence-electron chi connectivity index (χ2n) is 8.88. The summed E-state index contributed by atoms with van der Waals surface area (Å²) < 4.78 is 1.76. The minimum absolute atomic E-state index is 0.339. The Kier molecular flexibility index (Phi) is 6.50. The van der Waals surface area contributed by atoms with Crippen molar-refractivity contribution in [2.24, 2.45) is 4.99 Å². The Labute approximate surface area is 209 Å². The maximum atomic E-state index is 4.62. The fourth-order valence-electron chi connectivity index (χ4n) is 3.75. The van der Waals surface area contributed by atoms with Gasteiger partial charge in [-0.1, -0.05) is 12.6 Å². The van der Waals surface area contributed by atoms with Gasteiger partial charge >= 0.3 is 0 Å². The van der Waals surface area contributed by atoms with Crippen molar-refractivity contribution in [3.05, 3.63) is 84.2 Å². The molecule has 5 heterocycles. The zero-order chi connectivity index (χ0) is 25.1. The Bertz CT molecular complexity index is 1400. The van der Waals surface area contributed by atoms with Crippen LogP contribution in [0.25, 0.3) is 22.9 Å². The zero-order valence-corrected chi connectivity index (χ0v) is 20.5. The highest BCUT2D eigenvalue weighted by molar-refractivity contribution is 5.86. The Morgan fingerprint density at radius 3 is 2.69 bits per heavy atom. The van der Waals surface area contributed by atoms with Crippen LogP contribution in [0.3, 0.4) is 0 Å². The number of pyridine rings is 2. The third-order valence-electron chi connectivity index (χ3n) is 5.64. The normalized spacial score (nSPS) is 16.2. The number of rotatable bonds is 7. The topological polar surface area (TPSA) is 118 Å². The van der Waals surface area contributed by atoms with Crippen molar-refractivity contribution >= 4 is 17.4 Å². The Morgan fingerprint density at radius 2 is 2.03 bits per heavy atom. The van der Waals surface area contributed by atoms with E-state index >= 15 is 0 Å². The van der Waals surface area contributed by atoms with Crippen molar-refractivity contribution in [3.63, 3.8) is 0 Å². The van der Waals surface area contributed by atoms with Crippen LogP contribution in [0, 0.1) is 13.8 Å².